The van der Waals surface area contributed by atoms with Gasteiger partial charge in [-0.3, -0.25) is 4.79 Å². The molecule has 2 aromatic rings. The van der Waals surface area contributed by atoms with Crippen LogP contribution in [0.25, 0.3) is 0 Å². The first-order valence-corrected chi connectivity index (χ1v) is 13.0. The van der Waals surface area contributed by atoms with Gasteiger partial charge in [0.1, 0.15) is 5.60 Å². The normalized spacial score (nSPS) is 17.8. The summed E-state index contributed by atoms with van der Waals surface area (Å²) >= 11 is 0. The zero-order valence-corrected chi connectivity index (χ0v) is 23.3. The van der Waals surface area contributed by atoms with Crippen molar-refractivity contribution in [3.63, 3.8) is 0 Å². The van der Waals surface area contributed by atoms with Gasteiger partial charge in [-0.2, -0.15) is 26.3 Å². The van der Waals surface area contributed by atoms with Crippen LogP contribution < -0.4 is 10.6 Å². The van der Waals surface area contributed by atoms with Crippen molar-refractivity contribution in [3.05, 3.63) is 59.2 Å². The van der Waals surface area contributed by atoms with Gasteiger partial charge in [0.25, 0.3) is 0 Å². The number of piperidine rings is 1. The van der Waals surface area contributed by atoms with E-state index in [2.05, 4.69) is 5.32 Å². The SMILES string of the molecule is CCOC(=O)[C@@H]1CCN(C(=O)OC(C)(C)C)C[C@H]1c1cccc(NC(=O)Nc2cc(C(F)(F)F)cc(C(F)(F)F)c2)c1. The van der Waals surface area contributed by atoms with Crippen LogP contribution in [0.15, 0.2) is 42.5 Å². The van der Waals surface area contributed by atoms with E-state index in [1.54, 1.807) is 39.8 Å². The van der Waals surface area contributed by atoms with Crippen molar-refractivity contribution in [2.24, 2.45) is 5.92 Å². The Balaban J connectivity index is 1.84. The largest absolute Gasteiger partial charge is 0.466 e. The molecule has 0 aromatic heterocycles. The molecule has 0 radical (unpaired) electrons. The molecular weight excluding hydrogens is 572 g/mol. The minimum atomic E-state index is -5.08. The van der Waals surface area contributed by atoms with Gasteiger partial charge in [-0.05, 0) is 70.0 Å². The summed E-state index contributed by atoms with van der Waals surface area (Å²) in [5, 5.41) is 4.39. The van der Waals surface area contributed by atoms with E-state index in [-0.39, 0.29) is 37.9 Å². The molecule has 14 heteroatoms. The number of esters is 1. The molecule has 0 aliphatic carbocycles. The van der Waals surface area contributed by atoms with Gasteiger partial charge in [0, 0.05) is 30.4 Å². The third-order valence-corrected chi connectivity index (χ3v) is 6.27. The number of nitrogens with zero attached hydrogens (tertiary/aromatic N) is 1. The van der Waals surface area contributed by atoms with E-state index in [0.717, 1.165) is 0 Å². The minimum Gasteiger partial charge on any atom is -0.466 e. The number of ether oxygens (including phenoxy) is 2. The highest BCUT2D eigenvalue weighted by atomic mass is 19.4. The molecule has 1 saturated heterocycles. The zero-order valence-electron chi connectivity index (χ0n) is 23.3. The molecule has 0 bridgehead atoms. The molecule has 1 heterocycles. The van der Waals surface area contributed by atoms with Gasteiger partial charge in [0.05, 0.1) is 23.7 Å². The van der Waals surface area contributed by atoms with Crippen LogP contribution in [0.2, 0.25) is 0 Å². The van der Waals surface area contributed by atoms with Crippen molar-refractivity contribution in [3.8, 4) is 0 Å². The molecule has 2 aromatic carbocycles. The lowest BCUT2D eigenvalue weighted by Gasteiger charge is -2.38. The van der Waals surface area contributed by atoms with Crippen LogP contribution in [0.4, 0.5) is 47.3 Å². The number of benzene rings is 2. The summed E-state index contributed by atoms with van der Waals surface area (Å²) < 4.78 is 89.7. The number of amides is 3. The van der Waals surface area contributed by atoms with E-state index in [9.17, 15) is 40.7 Å². The second-order valence-electron chi connectivity index (χ2n) is 10.7. The average Bonchev–Trinajstić information content (AvgIpc) is 2.86. The van der Waals surface area contributed by atoms with Crippen molar-refractivity contribution in [2.75, 3.05) is 30.3 Å². The number of rotatable bonds is 5. The Kier molecular flexibility index (Phi) is 9.68. The zero-order chi connectivity index (χ0) is 31.5. The molecule has 0 unspecified atom stereocenters. The van der Waals surface area contributed by atoms with E-state index in [4.69, 9.17) is 9.47 Å². The molecule has 8 nitrogen and oxygen atoms in total. The molecule has 0 saturated carbocycles. The average molecular weight is 604 g/mol. The summed E-state index contributed by atoms with van der Waals surface area (Å²) in [7, 11) is 0. The fourth-order valence-corrected chi connectivity index (χ4v) is 4.48. The Morgan fingerprint density at radius 1 is 0.905 bits per heavy atom. The highest BCUT2D eigenvalue weighted by Crippen LogP contribution is 2.38. The summed E-state index contributed by atoms with van der Waals surface area (Å²) in [6, 6.07) is 5.81. The van der Waals surface area contributed by atoms with E-state index in [0.29, 0.717) is 17.7 Å². The Morgan fingerprint density at radius 3 is 2.05 bits per heavy atom. The molecule has 230 valence electrons. The summed E-state index contributed by atoms with van der Waals surface area (Å²) in [5.41, 5.74) is -3.93. The number of carbonyl (C=O) groups excluding carboxylic acids is 3. The van der Waals surface area contributed by atoms with Gasteiger partial charge in [-0.15, -0.1) is 0 Å². The summed E-state index contributed by atoms with van der Waals surface area (Å²) in [6.45, 7) is 7.30. The number of carbonyl (C=O) groups is 3. The number of halogens is 6. The second-order valence-corrected chi connectivity index (χ2v) is 10.7. The van der Waals surface area contributed by atoms with Crippen LogP contribution in [0, 0.1) is 5.92 Å². The van der Waals surface area contributed by atoms with E-state index < -0.39 is 64.7 Å². The first-order valence-electron chi connectivity index (χ1n) is 13.0. The molecular formula is C28H31F6N3O5. The van der Waals surface area contributed by atoms with Gasteiger partial charge in [-0.25, -0.2) is 9.59 Å². The van der Waals surface area contributed by atoms with Crippen LogP contribution in [0.3, 0.4) is 0 Å². The first kappa shape index (κ1) is 32.5. The van der Waals surface area contributed by atoms with Gasteiger partial charge in [0.15, 0.2) is 0 Å². The molecule has 3 amide bonds. The van der Waals surface area contributed by atoms with Crippen LogP contribution in [0.1, 0.15) is 56.7 Å². The lowest BCUT2D eigenvalue weighted by atomic mass is 9.80. The van der Waals surface area contributed by atoms with Crippen LogP contribution >= 0.6 is 0 Å². The summed E-state index contributed by atoms with van der Waals surface area (Å²) in [4.78, 5) is 39.5. The predicted octanol–water partition coefficient (Wildman–Crippen LogP) is 7.27. The Hall–Kier alpha value is -3.97. The van der Waals surface area contributed by atoms with Gasteiger partial charge in [0.2, 0.25) is 0 Å². The minimum absolute atomic E-state index is 0.0444. The number of anilines is 2. The first-order chi connectivity index (χ1) is 19.4. The maximum Gasteiger partial charge on any atom is 0.416 e. The maximum atomic E-state index is 13.2. The molecule has 1 aliphatic rings. The van der Waals surface area contributed by atoms with Crippen molar-refractivity contribution >= 4 is 29.5 Å². The molecule has 1 fully saturated rings. The van der Waals surface area contributed by atoms with E-state index in [1.807, 2.05) is 5.32 Å². The van der Waals surface area contributed by atoms with Gasteiger partial charge < -0.3 is 25.0 Å². The number of hydrogen-bond acceptors (Lipinski definition) is 5. The summed E-state index contributed by atoms with van der Waals surface area (Å²) in [6.07, 6.45) is -10.4. The topological polar surface area (TPSA) is 97.0 Å². The van der Waals surface area contributed by atoms with Crippen LogP contribution in [0.5, 0.6) is 0 Å². The Morgan fingerprint density at radius 2 is 1.50 bits per heavy atom. The predicted molar refractivity (Wildman–Crippen MR) is 141 cm³/mol. The van der Waals surface area contributed by atoms with Gasteiger partial charge >= 0.3 is 30.4 Å². The third-order valence-electron chi connectivity index (χ3n) is 6.27. The monoisotopic (exact) mass is 603 g/mol. The van der Waals surface area contributed by atoms with Crippen LogP contribution in [-0.4, -0.2) is 48.3 Å². The highest BCUT2D eigenvalue weighted by Gasteiger charge is 2.39. The molecule has 42 heavy (non-hydrogen) atoms. The molecule has 2 N–H and O–H groups in total. The van der Waals surface area contributed by atoms with Crippen molar-refractivity contribution in [2.45, 2.75) is 58.0 Å². The van der Waals surface area contributed by atoms with Crippen molar-refractivity contribution in [1.82, 2.24) is 4.90 Å². The number of hydrogen-bond donors (Lipinski definition) is 2. The standard InChI is InChI=1S/C28H31F6N3O5/c1-5-41-23(38)21-9-10-37(25(40)42-26(2,3)4)15-22(21)16-7-6-8-19(11-16)35-24(39)36-20-13-17(27(29,30)31)12-18(14-20)28(32,33)34/h6-8,11-14,21-22H,5,9-10,15H2,1-4H3,(H2,35,36,39)/t21-,22+/m1/s1. The van der Waals surface area contributed by atoms with E-state index >= 15 is 0 Å². The maximum absolute atomic E-state index is 13.2. The fourth-order valence-electron chi connectivity index (χ4n) is 4.48. The van der Waals surface area contributed by atoms with Crippen molar-refractivity contribution < 1.29 is 50.2 Å². The lowest BCUT2D eigenvalue weighted by molar-refractivity contribution is -0.150. The Labute approximate surface area is 238 Å². The molecule has 3 rings (SSSR count). The molecule has 0 spiro atoms. The highest BCUT2D eigenvalue weighted by molar-refractivity contribution is 6.00. The smallest absolute Gasteiger partial charge is 0.416 e. The number of nitrogens with one attached hydrogen (secondary N) is 2. The van der Waals surface area contributed by atoms with E-state index in [1.165, 1.54) is 17.0 Å². The van der Waals surface area contributed by atoms with Crippen LogP contribution in [-0.2, 0) is 26.6 Å². The quantitative estimate of drug-likeness (QED) is 0.277. The summed E-state index contributed by atoms with van der Waals surface area (Å²) in [5.74, 6) is -1.65. The molecule has 1 aliphatic heterocycles. The number of urea groups is 1. The van der Waals surface area contributed by atoms with Gasteiger partial charge in [-0.1, -0.05) is 12.1 Å². The van der Waals surface area contributed by atoms with Crippen molar-refractivity contribution in [1.29, 1.82) is 0 Å². The number of likely N-dealkylation sites (tertiary alicyclic amines) is 1. The molecule has 2 atom stereocenters. The third kappa shape index (κ3) is 8.76. The lowest BCUT2D eigenvalue weighted by Crippen LogP contribution is -2.47. The fraction of sp³-hybridized carbons (Fsp3) is 0.464. The Bertz CT molecular complexity index is 1270. The number of alkyl halides is 6. The second kappa shape index (κ2) is 12.5.